The molecule has 1 aliphatic rings. The zero-order valence-corrected chi connectivity index (χ0v) is 13.2. The third kappa shape index (κ3) is 4.77. The number of carbonyl (C=O) groups is 1. The van der Waals surface area contributed by atoms with E-state index in [9.17, 15) is 9.90 Å². The van der Waals surface area contributed by atoms with E-state index in [0.717, 1.165) is 19.3 Å². The standard InChI is InChI=1S/C15H29NO3/c1-13(2)9-7-10-14(3,4)16(13)19-12(17)8-11-15(5,6)18/h18H,7-11H2,1-6H3. The zero-order chi connectivity index (χ0) is 14.9. The number of rotatable bonds is 4. The van der Waals surface area contributed by atoms with Gasteiger partial charge in [-0.25, -0.2) is 0 Å². The molecular weight excluding hydrogens is 242 g/mol. The topological polar surface area (TPSA) is 49.8 Å². The Morgan fingerprint density at radius 3 is 2.11 bits per heavy atom. The van der Waals surface area contributed by atoms with Crippen LogP contribution in [0.15, 0.2) is 0 Å². The Hall–Kier alpha value is -0.610. The van der Waals surface area contributed by atoms with Crippen LogP contribution in [0.4, 0.5) is 0 Å². The second-order valence-electron chi connectivity index (χ2n) is 7.55. The highest BCUT2D eigenvalue weighted by molar-refractivity contribution is 5.69. The summed E-state index contributed by atoms with van der Waals surface area (Å²) in [4.78, 5) is 17.6. The SMILES string of the molecule is CC(C)(O)CCC(=O)ON1C(C)(C)CCCC1(C)C. The van der Waals surface area contributed by atoms with Gasteiger partial charge in [0.05, 0.1) is 16.7 Å². The van der Waals surface area contributed by atoms with Crippen LogP contribution in [0, 0.1) is 0 Å². The molecule has 0 unspecified atom stereocenters. The highest BCUT2D eigenvalue weighted by Gasteiger charge is 2.44. The summed E-state index contributed by atoms with van der Waals surface area (Å²) in [6.07, 6.45) is 3.86. The first kappa shape index (κ1) is 16.4. The van der Waals surface area contributed by atoms with Gasteiger partial charge in [0.1, 0.15) is 0 Å². The molecule has 19 heavy (non-hydrogen) atoms. The van der Waals surface area contributed by atoms with Crippen molar-refractivity contribution in [2.75, 3.05) is 0 Å². The second-order valence-corrected chi connectivity index (χ2v) is 7.55. The average Bonchev–Trinajstić information content (AvgIpc) is 2.19. The molecule has 4 heteroatoms. The van der Waals surface area contributed by atoms with Gasteiger partial charge in [0.15, 0.2) is 0 Å². The van der Waals surface area contributed by atoms with Crippen LogP contribution in [0.1, 0.15) is 73.6 Å². The van der Waals surface area contributed by atoms with Crippen LogP contribution in [0.2, 0.25) is 0 Å². The van der Waals surface area contributed by atoms with E-state index in [1.54, 1.807) is 13.8 Å². The molecule has 0 aliphatic carbocycles. The summed E-state index contributed by atoms with van der Waals surface area (Å²) in [5, 5.41) is 11.5. The molecule has 1 rings (SSSR count). The number of aliphatic hydroxyl groups is 1. The number of hydrogen-bond donors (Lipinski definition) is 1. The lowest BCUT2D eigenvalue weighted by atomic mass is 9.82. The molecule has 0 spiro atoms. The third-order valence-corrected chi connectivity index (χ3v) is 3.81. The fourth-order valence-corrected chi connectivity index (χ4v) is 2.78. The highest BCUT2D eigenvalue weighted by atomic mass is 16.7. The van der Waals surface area contributed by atoms with Crippen LogP contribution in [-0.2, 0) is 9.63 Å². The fraction of sp³-hybridized carbons (Fsp3) is 0.933. The molecule has 112 valence electrons. The van der Waals surface area contributed by atoms with Crippen LogP contribution in [0.5, 0.6) is 0 Å². The third-order valence-electron chi connectivity index (χ3n) is 3.81. The van der Waals surface area contributed by atoms with Crippen LogP contribution in [-0.4, -0.2) is 32.8 Å². The summed E-state index contributed by atoms with van der Waals surface area (Å²) in [5.41, 5.74) is -1.09. The van der Waals surface area contributed by atoms with Crippen LogP contribution in [0.3, 0.4) is 0 Å². The molecule has 4 nitrogen and oxygen atoms in total. The highest BCUT2D eigenvalue weighted by Crippen LogP contribution is 2.38. The summed E-state index contributed by atoms with van der Waals surface area (Å²) in [5.74, 6) is -0.259. The molecule has 1 aliphatic heterocycles. The van der Waals surface area contributed by atoms with E-state index in [0.29, 0.717) is 6.42 Å². The van der Waals surface area contributed by atoms with Crippen LogP contribution in [0.25, 0.3) is 0 Å². The Balaban J connectivity index is 2.64. The average molecular weight is 271 g/mol. The molecule has 1 heterocycles. The quantitative estimate of drug-likeness (QED) is 0.854. The van der Waals surface area contributed by atoms with Crippen LogP contribution >= 0.6 is 0 Å². The summed E-state index contributed by atoms with van der Waals surface area (Å²) in [7, 11) is 0. The number of hydroxylamine groups is 2. The van der Waals surface area contributed by atoms with E-state index in [1.165, 1.54) is 0 Å². The van der Waals surface area contributed by atoms with Crippen molar-refractivity contribution < 1.29 is 14.7 Å². The van der Waals surface area contributed by atoms with E-state index in [2.05, 4.69) is 27.7 Å². The molecule has 0 bridgehead atoms. The lowest BCUT2D eigenvalue weighted by Crippen LogP contribution is -2.58. The molecule has 0 aromatic heterocycles. The molecule has 1 N–H and O–H groups in total. The van der Waals surface area contributed by atoms with E-state index in [4.69, 9.17) is 4.84 Å². The zero-order valence-electron chi connectivity index (χ0n) is 13.2. The largest absolute Gasteiger partial charge is 0.390 e. The first-order chi connectivity index (χ1) is 8.44. The lowest BCUT2D eigenvalue weighted by molar-refractivity contribution is -0.266. The summed E-state index contributed by atoms with van der Waals surface area (Å²) < 4.78 is 0. The van der Waals surface area contributed by atoms with Crippen molar-refractivity contribution in [1.82, 2.24) is 5.06 Å². The monoisotopic (exact) mass is 271 g/mol. The van der Waals surface area contributed by atoms with E-state index < -0.39 is 5.60 Å². The van der Waals surface area contributed by atoms with Gasteiger partial charge in [0, 0.05) is 6.42 Å². The number of piperidine rings is 1. The minimum absolute atomic E-state index is 0.133. The van der Waals surface area contributed by atoms with Gasteiger partial charge < -0.3 is 9.94 Å². The normalized spacial score (nSPS) is 23.1. The first-order valence-electron chi connectivity index (χ1n) is 7.18. The molecule has 0 amide bonds. The maximum absolute atomic E-state index is 12.0. The Kier molecular flexibility index (Phi) is 4.68. The fourth-order valence-electron chi connectivity index (χ4n) is 2.78. The van der Waals surface area contributed by atoms with Gasteiger partial charge in [-0.2, -0.15) is 0 Å². The van der Waals surface area contributed by atoms with E-state index >= 15 is 0 Å². The van der Waals surface area contributed by atoms with Crippen molar-refractivity contribution in [1.29, 1.82) is 0 Å². The Labute approximate surface area is 117 Å². The van der Waals surface area contributed by atoms with Gasteiger partial charge in [-0.3, -0.25) is 4.79 Å². The van der Waals surface area contributed by atoms with Crippen molar-refractivity contribution >= 4 is 5.97 Å². The second kappa shape index (κ2) is 5.41. The Morgan fingerprint density at radius 2 is 1.68 bits per heavy atom. The minimum atomic E-state index is -0.827. The summed E-state index contributed by atoms with van der Waals surface area (Å²) in [6, 6.07) is 0. The smallest absolute Gasteiger partial charge is 0.325 e. The number of carbonyl (C=O) groups excluding carboxylic acids is 1. The number of nitrogens with zero attached hydrogens (tertiary/aromatic N) is 1. The molecule has 0 aromatic carbocycles. The molecule has 1 saturated heterocycles. The predicted molar refractivity (Wildman–Crippen MR) is 75.5 cm³/mol. The molecule has 0 radical (unpaired) electrons. The maximum Gasteiger partial charge on any atom is 0.325 e. The first-order valence-corrected chi connectivity index (χ1v) is 7.18. The van der Waals surface area contributed by atoms with Crippen molar-refractivity contribution in [2.24, 2.45) is 0 Å². The van der Waals surface area contributed by atoms with Crippen molar-refractivity contribution in [3.8, 4) is 0 Å². The van der Waals surface area contributed by atoms with E-state index in [1.807, 2.05) is 5.06 Å². The van der Waals surface area contributed by atoms with Gasteiger partial charge in [0.25, 0.3) is 0 Å². The summed E-state index contributed by atoms with van der Waals surface area (Å²) >= 11 is 0. The van der Waals surface area contributed by atoms with Crippen molar-refractivity contribution in [3.63, 3.8) is 0 Å². The van der Waals surface area contributed by atoms with Crippen molar-refractivity contribution in [3.05, 3.63) is 0 Å². The maximum atomic E-state index is 12.0. The predicted octanol–water partition coefficient (Wildman–Crippen LogP) is 3.04. The van der Waals surface area contributed by atoms with Gasteiger partial charge in [-0.15, -0.1) is 5.06 Å². The molecule has 0 aromatic rings. The Bertz CT molecular complexity index is 313. The van der Waals surface area contributed by atoms with Crippen LogP contribution < -0.4 is 0 Å². The molecule has 0 atom stereocenters. The molecular formula is C15H29NO3. The van der Waals surface area contributed by atoms with Gasteiger partial charge in [0.2, 0.25) is 0 Å². The van der Waals surface area contributed by atoms with Crippen molar-refractivity contribution in [2.45, 2.75) is 90.3 Å². The molecule has 0 saturated carbocycles. The number of hydrogen-bond acceptors (Lipinski definition) is 4. The molecule has 1 fully saturated rings. The Morgan fingerprint density at radius 1 is 1.21 bits per heavy atom. The van der Waals surface area contributed by atoms with Gasteiger partial charge in [-0.1, -0.05) is 0 Å². The lowest BCUT2D eigenvalue weighted by Gasteiger charge is -2.50. The van der Waals surface area contributed by atoms with E-state index in [-0.39, 0.29) is 23.5 Å². The summed E-state index contributed by atoms with van der Waals surface area (Å²) in [6.45, 7) is 11.8. The van der Waals surface area contributed by atoms with Gasteiger partial charge >= 0.3 is 5.97 Å². The van der Waals surface area contributed by atoms with Gasteiger partial charge in [-0.05, 0) is 67.2 Å². The minimum Gasteiger partial charge on any atom is -0.390 e.